The molecule has 0 aromatic heterocycles. The Hall–Kier alpha value is -2.33. The van der Waals surface area contributed by atoms with Gasteiger partial charge in [-0.2, -0.15) is 0 Å². The van der Waals surface area contributed by atoms with E-state index >= 15 is 0 Å². The van der Waals surface area contributed by atoms with Crippen molar-refractivity contribution in [1.29, 1.82) is 0 Å². The maximum atomic E-state index is 11.3. The summed E-state index contributed by atoms with van der Waals surface area (Å²) in [5.41, 5.74) is 8.70. The van der Waals surface area contributed by atoms with Gasteiger partial charge in [0.15, 0.2) is 0 Å². The van der Waals surface area contributed by atoms with Crippen LogP contribution in [0.2, 0.25) is 0 Å². The molecule has 2 rings (SSSR count). The molecule has 0 radical (unpaired) electrons. The monoisotopic (exact) mass is 299 g/mol. The number of benzene rings is 2. The van der Waals surface area contributed by atoms with Crippen LogP contribution in [0.4, 0.5) is 0 Å². The van der Waals surface area contributed by atoms with E-state index in [1.807, 2.05) is 25.1 Å². The van der Waals surface area contributed by atoms with Crippen molar-refractivity contribution in [3.05, 3.63) is 64.7 Å². The minimum Gasteiger partial charge on any atom is -0.493 e. The minimum absolute atomic E-state index is 0.370. The third-order valence-electron chi connectivity index (χ3n) is 3.48. The zero-order chi connectivity index (χ0) is 16.1. The van der Waals surface area contributed by atoms with Crippen molar-refractivity contribution in [2.75, 3.05) is 6.61 Å². The van der Waals surface area contributed by atoms with E-state index in [9.17, 15) is 9.90 Å². The summed E-state index contributed by atoms with van der Waals surface area (Å²) in [6, 6.07) is 13.1. The Kier molecular flexibility index (Phi) is 5.17. The lowest BCUT2D eigenvalue weighted by atomic mass is 10.1. The van der Waals surface area contributed by atoms with E-state index in [0.29, 0.717) is 23.5 Å². The molecule has 1 atom stereocenters. The number of hydrogen-bond donors (Lipinski definition) is 2. The lowest BCUT2D eigenvalue weighted by Crippen LogP contribution is -2.12. The molecule has 22 heavy (non-hydrogen) atoms. The van der Waals surface area contributed by atoms with Gasteiger partial charge in [0.05, 0.1) is 12.7 Å². The van der Waals surface area contributed by atoms with Crippen molar-refractivity contribution in [2.45, 2.75) is 26.4 Å². The van der Waals surface area contributed by atoms with Gasteiger partial charge in [0.25, 0.3) is 0 Å². The van der Waals surface area contributed by atoms with Crippen LogP contribution in [-0.2, 0) is 6.42 Å². The second-order valence-corrected chi connectivity index (χ2v) is 5.38. The quantitative estimate of drug-likeness (QED) is 0.861. The number of carbonyl (C=O) groups excluding carboxylic acids is 1. The summed E-state index contributed by atoms with van der Waals surface area (Å²) in [6.07, 6.45) is 0.0812. The molecule has 0 heterocycles. The molecule has 1 amide bonds. The molecule has 0 spiro atoms. The number of aliphatic hydroxyl groups is 1. The lowest BCUT2D eigenvalue weighted by Gasteiger charge is -2.14. The Morgan fingerprint density at radius 3 is 2.68 bits per heavy atom. The van der Waals surface area contributed by atoms with Gasteiger partial charge in [0.1, 0.15) is 5.75 Å². The highest BCUT2D eigenvalue weighted by Crippen LogP contribution is 2.26. The molecule has 0 fully saturated rings. The molecule has 0 aliphatic rings. The number of carbonyl (C=O) groups is 1. The molecule has 4 heteroatoms. The first-order valence-electron chi connectivity index (χ1n) is 7.27. The average Bonchev–Trinajstić information content (AvgIpc) is 2.47. The standard InChI is InChI=1S/C18H21NO3/c1-12-4-3-5-14(10-12)8-9-22-17-11-15(18(19)21)6-7-16(17)13(2)20/h3-7,10-11,13,20H,8-9H2,1-2H3,(H2,19,21). The molecule has 0 saturated heterocycles. The van der Waals surface area contributed by atoms with Crippen LogP contribution < -0.4 is 10.5 Å². The molecule has 0 aliphatic carbocycles. The van der Waals surface area contributed by atoms with Gasteiger partial charge in [-0.15, -0.1) is 0 Å². The van der Waals surface area contributed by atoms with Gasteiger partial charge < -0.3 is 15.6 Å². The highest BCUT2D eigenvalue weighted by Gasteiger charge is 2.12. The Bertz CT molecular complexity index is 665. The topological polar surface area (TPSA) is 72.5 Å². The van der Waals surface area contributed by atoms with Crippen LogP contribution in [0, 0.1) is 6.92 Å². The first-order chi connectivity index (χ1) is 10.5. The molecule has 2 aromatic rings. The molecule has 0 aliphatic heterocycles. The van der Waals surface area contributed by atoms with Crippen LogP contribution in [0.25, 0.3) is 0 Å². The highest BCUT2D eigenvalue weighted by atomic mass is 16.5. The maximum absolute atomic E-state index is 11.3. The van der Waals surface area contributed by atoms with Gasteiger partial charge in [0, 0.05) is 17.5 Å². The number of nitrogens with two attached hydrogens (primary N) is 1. The highest BCUT2D eigenvalue weighted by molar-refractivity contribution is 5.93. The first-order valence-corrected chi connectivity index (χ1v) is 7.27. The molecule has 4 nitrogen and oxygen atoms in total. The third kappa shape index (κ3) is 4.09. The Balaban J connectivity index is 2.10. The van der Waals surface area contributed by atoms with Crippen molar-refractivity contribution in [2.24, 2.45) is 5.73 Å². The molecular formula is C18H21NO3. The van der Waals surface area contributed by atoms with Gasteiger partial charge in [-0.25, -0.2) is 0 Å². The zero-order valence-corrected chi connectivity index (χ0v) is 12.9. The number of ether oxygens (including phenoxy) is 1. The minimum atomic E-state index is -0.670. The fourth-order valence-electron chi connectivity index (χ4n) is 2.30. The van der Waals surface area contributed by atoms with E-state index in [4.69, 9.17) is 10.5 Å². The van der Waals surface area contributed by atoms with Gasteiger partial charge in [0.2, 0.25) is 5.91 Å². The molecular weight excluding hydrogens is 278 g/mol. The fourth-order valence-corrected chi connectivity index (χ4v) is 2.30. The summed E-state index contributed by atoms with van der Waals surface area (Å²) in [5.74, 6) is -0.0142. The summed E-state index contributed by atoms with van der Waals surface area (Å²) in [4.78, 5) is 11.3. The fraction of sp³-hybridized carbons (Fsp3) is 0.278. The van der Waals surface area contributed by atoms with Crippen LogP contribution in [0.5, 0.6) is 5.75 Å². The number of hydrogen-bond acceptors (Lipinski definition) is 3. The predicted octanol–water partition coefficient (Wildman–Crippen LogP) is 2.77. The molecule has 0 saturated carbocycles. The summed E-state index contributed by atoms with van der Waals surface area (Å²) < 4.78 is 5.77. The van der Waals surface area contributed by atoms with Crippen molar-refractivity contribution in [3.8, 4) is 5.75 Å². The van der Waals surface area contributed by atoms with Crippen molar-refractivity contribution in [3.63, 3.8) is 0 Å². The number of amides is 1. The van der Waals surface area contributed by atoms with Gasteiger partial charge in [-0.1, -0.05) is 35.9 Å². The summed E-state index contributed by atoms with van der Waals surface area (Å²) >= 11 is 0. The smallest absolute Gasteiger partial charge is 0.248 e. The Labute approximate surface area is 130 Å². The number of primary amides is 1. The third-order valence-corrected chi connectivity index (χ3v) is 3.48. The predicted molar refractivity (Wildman–Crippen MR) is 86.0 cm³/mol. The van der Waals surface area contributed by atoms with E-state index in [1.54, 1.807) is 25.1 Å². The molecule has 3 N–H and O–H groups in total. The Morgan fingerprint density at radius 1 is 1.27 bits per heavy atom. The first kappa shape index (κ1) is 16.0. The van der Waals surface area contributed by atoms with Crippen LogP contribution in [0.1, 0.15) is 40.1 Å². The van der Waals surface area contributed by atoms with Crippen molar-refractivity contribution >= 4 is 5.91 Å². The van der Waals surface area contributed by atoms with Gasteiger partial charge >= 0.3 is 0 Å². The molecule has 116 valence electrons. The molecule has 2 aromatic carbocycles. The van der Waals surface area contributed by atoms with E-state index in [0.717, 1.165) is 6.42 Å². The normalized spacial score (nSPS) is 12.0. The maximum Gasteiger partial charge on any atom is 0.248 e. The van der Waals surface area contributed by atoms with Gasteiger partial charge in [-0.05, 0) is 31.5 Å². The molecule has 0 bridgehead atoms. The van der Waals surface area contributed by atoms with E-state index in [1.165, 1.54) is 11.1 Å². The lowest BCUT2D eigenvalue weighted by molar-refractivity contribution is 0.0999. The molecule has 1 unspecified atom stereocenters. The van der Waals surface area contributed by atoms with E-state index in [2.05, 4.69) is 6.07 Å². The van der Waals surface area contributed by atoms with Crippen molar-refractivity contribution < 1.29 is 14.6 Å². The van der Waals surface area contributed by atoms with Gasteiger partial charge in [-0.3, -0.25) is 4.79 Å². The zero-order valence-electron chi connectivity index (χ0n) is 12.9. The average molecular weight is 299 g/mol. The van der Waals surface area contributed by atoms with Crippen molar-refractivity contribution in [1.82, 2.24) is 0 Å². The number of rotatable bonds is 6. The van der Waals surface area contributed by atoms with Crippen LogP contribution in [-0.4, -0.2) is 17.6 Å². The van der Waals surface area contributed by atoms with E-state index < -0.39 is 12.0 Å². The largest absolute Gasteiger partial charge is 0.493 e. The summed E-state index contributed by atoms with van der Waals surface area (Å²) in [6.45, 7) is 4.17. The van der Waals surface area contributed by atoms with Crippen LogP contribution in [0.15, 0.2) is 42.5 Å². The van der Waals surface area contributed by atoms with Crippen LogP contribution >= 0.6 is 0 Å². The number of aliphatic hydroxyl groups excluding tert-OH is 1. The second-order valence-electron chi connectivity index (χ2n) is 5.38. The SMILES string of the molecule is Cc1cccc(CCOc2cc(C(N)=O)ccc2C(C)O)c1. The number of aryl methyl sites for hydroxylation is 1. The summed E-state index contributed by atoms with van der Waals surface area (Å²) in [5, 5.41) is 9.79. The van der Waals surface area contributed by atoms with Crippen LogP contribution in [0.3, 0.4) is 0 Å². The summed E-state index contributed by atoms with van der Waals surface area (Å²) in [7, 11) is 0. The second kappa shape index (κ2) is 7.09. The Morgan fingerprint density at radius 2 is 2.05 bits per heavy atom. The van der Waals surface area contributed by atoms with E-state index in [-0.39, 0.29) is 0 Å².